The number of ether oxygens (including phenoxy) is 1. The van der Waals surface area contributed by atoms with E-state index in [9.17, 15) is 24.3 Å². The minimum Gasteiger partial charge on any atom is -0.481 e. The molecule has 9 nitrogen and oxygen atoms in total. The number of hydrogen-bond donors (Lipinski definition) is 3. The second kappa shape index (κ2) is 6.57. The molecule has 0 saturated heterocycles. The van der Waals surface area contributed by atoms with E-state index in [2.05, 4.69) is 9.72 Å². The summed E-state index contributed by atoms with van der Waals surface area (Å²) in [6.07, 6.45) is 0.115. The second-order valence-electron chi connectivity index (χ2n) is 4.09. The van der Waals surface area contributed by atoms with Crippen LogP contribution in [0.2, 0.25) is 0 Å². The van der Waals surface area contributed by atoms with E-state index in [0.29, 0.717) is 0 Å². The van der Waals surface area contributed by atoms with Crippen LogP contribution in [0.1, 0.15) is 23.2 Å². The lowest BCUT2D eigenvalue weighted by Crippen LogP contribution is -2.43. The number of pyridine rings is 1. The molecule has 0 bridgehead atoms. The number of carboxylic acids is 2. The number of esters is 2. The van der Waals surface area contributed by atoms with Crippen LogP contribution in [0.4, 0.5) is 0 Å². The first-order chi connectivity index (χ1) is 9.74. The van der Waals surface area contributed by atoms with Crippen LogP contribution in [0.15, 0.2) is 24.5 Å². The first-order valence-electron chi connectivity index (χ1n) is 5.57. The summed E-state index contributed by atoms with van der Waals surface area (Å²) in [6.45, 7) is 0. The van der Waals surface area contributed by atoms with Gasteiger partial charge in [0.25, 0.3) is 0 Å². The van der Waals surface area contributed by atoms with Gasteiger partial charge >= 0.3 is 23.9 Å². The number of nitrogens with zero attached hydrogens (tertiary/aromatic N) is 1. The number of aliphatic hydroxyl groups is 1. The molecular weight excluding hydrogens is 286 g/mol. The number of hydrogen-bond acceptors (Lipinski definition) is 7. The normalized spacial score (nSPS) is 13.0. The lowest BCUT2D eigenvalue weighted by atomic mass is 9.96. The van der Waals surface area contributed by atoms with Gasteiger partial charge in [0, 0.05) is 12.4 Å². The lowest BCUT2D eigenvalue weighted by molar-refractivity contribution is -0.170. The third kappa shape index (κ3) is 4.66. The standard InChI is InChI=1S/C12H11NO8/c14-8(15)4-12(20,11(18)19)5-9(16)21-10(17)7-2-1-3-13-6-7/h1-3,6,20H,4-5H2,(H,14,15)(H,18,19). The summed E-state index contributed by atoms with van der Waals surface area (Å²) in [5.74, 6) is -5.98. The highest BCUT2D eigenvalue weighted by molar-refractivity contribution is 5.98. The Morgan fingerprint density at radius 3 is 2.33 bits per heavy atom. The van der Waals surface area contributed by atoms with E-state index in [4.69, 9.17) is 10.2 Å². The van der Waals surface area contributed by atoms with Crippen LogP contribution in [0.25, 0.3) is 0 Å². The molecule has 0 aliphatic heterocycles. The van der Waals surface area contributed by atoms with Crippen LogP contribution in [-0.2, 0) is 19.1 Å². The average molecular weight is 297 g/mol. The fourth-order valence-electron chi connectivity index (χ4n) is 1.38. The molecule has 0 spiro atoms. The Bertz CT molecular complexity index is 570. The molecule has 3 N–H and O–H groups in total. The van der Waals surface area contributed by atoms with Crippen molar-refractivity contribution in [1.29, 1.82) is 0 Å². The van der Waals surface area contributed by atoms with Crippen molar-refractivity contribution < 1.29 is 39.2 Å². The van der Waals surface area contributed by atoms with Gasteiger partial charge in [-0.15, -0.1) is 0 Å². The molecule has 0 aromatic carbocycles. The van der Waals surface area contributed by atoms with Gasteiger partial charge in [0.1, 0.15) is 0 Å². The second-order valence-corrected chi connectivity index (χ2v) is 4.09. The van der Waals surface area contributed by atoms with Crippen LogP contribution in [-0.4, -0.2) is 49.8 Å². The third-order valence-electron chi connectivity index (χ3n) is 2.38. The maximum absolute atomic E-state index is 11.5. The molecule has 0 amide bonds. The number of aliphatic carboxylic acids is 2. The molecule has 9 heteroatoms. The van der Waals surface area contributed by atoms with Gasteiger partial charge in [-0.25, -0.2) is 9.59 Å². The molecule has 21 heavy (non-hydrogen) atoms. The summed E-state index contributed by atoms with van der Waals surface area (Å²) in [6, 6.07) is 2.72. The first-order valence-corrected chi connectivity index (χ1v) is 5.57. The molecule has 1 aromatic heterocycles. The average Bonchev–Trinajstić information content (AvgIpc) is 2.38. The Hall–Kier alpha value is -2.81. The Labute approximate surface area is 117 Å². The van der Waals surface area contributed by atoms with Crippen molar-refractivity contribution in [2.45, 2.75) is 18.4 Å². The molecule has 1 rings (SSSR count). The number of rotatable bonds is 6. The van der Waals surface area contributed by atoms with Gasteiger partial charge in [0.2, 0.25) is 0 Å². The quantitative estimate of drug-likeness (QED) is 0.463. The molecule has 0 aliphatic rings. The Kier molecular flexibility index (Phi) is 5.08. The van der Waals surface area contributed by atoms with Gasteiger partial charge in [0.15, 0.2) is 5.60 Å². The zero-order chi connectivity index (χ0) is 16.0. The largest absolute Gasteiger partial charge is 0.481 e. The summed E-state index contributed by atoms with van der Waals surface area (Å²) in [7, 11) is 0. The monoisotopic (exact) mass is 297 g/mol. The van der Waals surface area contributed by atoms with Crippen LogP contribution < -0.4 is 0 Å². The highest BCUT2D eigenvalue weighted by Crippen LogP contribution is 2.17. The van der Waals surface area contributed by atoms with Gasteiger partial charge in [-0.3, -0.25) is 14.6 Å². The number of carbonyl (C=O) groups is 4. The summed E-state index contributed by atoms with van der Waals surface area (Å²) in [5.41, 5.74) is -2.90. The summed E-state index contributed by atoms with van der Waals surface area (Å²) in [5, 5.41) is 26.9. The Morgan fingerprint density at radius 2 is 1.86 bits per heavy atom. The van der Waals surface area contributed by atoms with E-state index in [-0.39, 0.29) is 5.56 Å². The lowest BCUT2D eigenvalue weighted by Gasteiger charge is -2.19. The molecule has 0 fully saturated rings. The van der Waals surface area contributed by atoms with E-state index >= 15 is 0 Å². The van der Waals surface area contributed by atoms with Gasteiger partial charge < -0.3 is 20.1 Å². The van der Waals surface area contributed by atoms with Crippen molar-refractivity contribution in [3.8, 4) is 0 Å². The van der Waals surface area contributed by atoms with Crippen molar-refractivity contribution in [3.05, 3.63) is 30.1 Å². The topological polar surface area (TPSA) is 151 Å². The molecular formula is C12H11NO8. The maximum atomic E-state index is 11.5. The summed E-state index contributed by atoms with van der Waals surface area (Å²) >= 11 is 0. The fourth-order valence-corrected chi connectivity index (χ4v) is 1.38. The first kappa shape index (κ1) is 16.2. The van der Waals surface area contributed by atoms with Gasteiger partial charge in [-0.1, -0.05) is 0 Å². The molecule has 0 saturated carbocycles. The smallest absolute Gasteiger partial charge is 0.347 e. The van der Waals surface area contributed by atoms with E-state index in [0.717, 1.165) is 6.20 Å². The predicted octanol–water partition coefficient (Wildman–Crippen LogP) is -0.554. The summed E-state index contributed by atoms with van der Waals surface area (Å²) < 4.78 is 4.33. The summed E-state index contributed by atoms with van der Waals surface area (Å²) in [4.78, 5) is 47.9. The fraction of sp³-hybridized carbons (Fsp3) is 0.250. The number of carbonyl (C=O) groups excluding carboxylic acids is 2. The number of carboxylic acid groups (broad SMARTS) is 2. The van der Waals surface area contributed by atoms with Crippen molar-refractivity contribution in [2.24, 2.45) is 0 Å². The molecule has 1 atom stereocenters. The van der Waals surface area contributed by atoms with Crippen molar-refractivity contribution >= 4 is 23.9 Å². The molecule has 1 aromatic rings. The van der Waals surface area contributed by atoms with E-state index in [1.54, 1.807) is 0 Å². The zero-order valence-electron chi connectivity index (χ0n) is 10.6. The van der Waals surface area contributed by atoms with Crippen molar-refractivity contribution in [1.82, 2.24) is 4.98 Å². The molecule has 112 valence electrons. The van der Waals surface area contributed by atoms with Gasteiger partial charge in [0.05, 0.1) is 18.4 Å². The minimum atomic E-state index is -2.85. The minimum absolute atomic E-state index is 0.0528. The number of aromatic nitrogens is 1. The van der Waals surface area contributed by atoms with Crippen LogP contribution in [0.3, 0.4) is 0 Å². The Balaban J connectivity index is 2.73. The zero-order valence-corrected chi connectivity index (χ0v) is 10.6. The highest BCUT2D eigenvalue weighted by atomic mass is 16.6. The van der Waals surface area contributed by atoms with E-state index in [1.807, 2.05) is 0 Å². The molecule has 1 unspecified atom stereocenters. The SMILES string of the molecule is O=C(O)CC(O)(CC(=O)OC(=O)c1cccnc1)C(=O)O. The van der Waals surface area contributed by atoms with Crippen LogP contribution in [0.5, 0.6) is 0 Å². The van der Waals surface area contributed by atoms with Gasteiger partial charge in [-0.2, -0.15) is 0 Å². The van der Waals surface area contributed by atoms with Crippen molar-refractivity contribution in [3.63, 3.8) is 0 Å². The third-order valence-corrected chi connectivity index (χ3v) is 2.38. The Morgan fingerprint density at radius 1 is 1.19 bits per heavy atom. The van der Waals surface area contributed by atoms with Crippen LogP contribution in [0, 0.1) is 0 Å². The molecule has 0 radical (unpaired) electrons. The molecule has 0 aliphatic carbocycles. The van der Waals surface area contributed by atoms with Crippen LogP contribution >= 0.6 is 0 Å². The van der Waals surface area contributed by atoms with Crippen molar-refractivity contribution in [2.75, 3.05) is 0 Å². The van der Waals surface area contributed by atoms with Gasteiger partial charge in [-0.05, 0) is 12.1 Å². The highest BCUT2D eigenvalue weighted by Gasteiger charge is 2.41. The predicted molar refractivity (Wildman–Crippen MR) is 64.1 cm³/mol. The molecule has 1 heterocycles. The van der Waals surface area contributed by atoms with E-state index in [1.165, 1.54) is 18.3 Å². The maximum Gasteiger partial charge on any atom is 0.347 e. The van der Waals surface area contributed by atoms with E-state index < -0.39 is 42.3 Å².